The summed E-state index contributed by atoms with van der Waals surface area (Å²) in [6, 6.07) is 13.7. The van der Waals surface area contributed by atoms with E-state index >= 15 is 0 Å². The molecule has 1 N–H and O–H groups in total. The van der Waals surface area contributed by atoms with E-state index in [0.29, 0.717) is 0 Å². The van der Waals surface area contributed by atoms with Gasteiger partial charge in [-0.15, -0.1) is 0 Å². The number of hydrogen-bond acceptors (Lipinski definition) is 7. The van der Waals surface area contributed by atoms with E-state index in [1.807, 2.05) is 0 Å². The Balaban J connectivity index is 1.85. The number of benzene rings is 3. The standard InChI is InChI=1S/C20H14ClN3O7/c1-30-19-9-12(20(25)22-14-3-2-4-15(11-14)23(26)27)5-7-18(19)31-17-8-6-13(21)10-16(17)24(28)29/h2-11H,1H3,(H,22,25). The maximum absolute atomic E-state index is 12.5. The molecule has 31 heavy (non-hydrogen) atoms. The minimum absolute atomic E-state index is 0.0542. The minimum atomic E-state index is -0.630. The molecule has 0 unspecified atom stereocenters. The van der Waals surface area contributed by atoms with Crippen molar-refractivity contribution >= 4 is 34.6 Å². The second-order valence-corrected chi connectivity index (χ2v) is 6.53. The quantitative estimate of drug-likeness (QED) is 0.391. The summed E-state index contributed by atoms with van der Waals surface area (Å²) >= 11 is 5.81. The van der Waals surface area contributed by atoms with Gasteiger partial charge in [0, 0.05) is 34.5 Å². The highest BCUT2D eigenvalue weighted by Crippen LogP contribution is 2.38. The first kappa shape index (κ1) is 21.5. The largest absolute Gasteiger partial charge is 0.493 e. The molecule has 1 amide bonds. The van der Waals surface area contributed by atoms with Crippen molar-refractivity contribution in [3.05, 3.63) is 91.5 Å². The topological polar surface area (TPSA) is 134 Å². The Morgan fingerprint density at radius 3 is 2.35 bits per heavy atom. The lowest BCUT2D eigenvalue weighted by molar-refractivity contribution is -0.385. The van der Waals surface area contributed by atoms with Gasteiger partial charge in [-0.05, 0) is 36.4 Å². The molecule has 3 rings (SSSR count). The lowest BCUT2D eigenvalue weighted by Crippen LogP contribution is -2.12. The summed E-state index contributed by atoms with van der Waals surface area (Å²) < 4.78 is 10.9. The van der Waals surface area contributed by atoms with Crippen LogP contribution in [0.4, 0.5) is 17.1 Å². The van der Waals surface area contributed by atoms with Crippen molar-refractivity contribution in [2.24, 2.45) is 0 Å². The molecule has 0 aliphatic rings. The van der Waals surface area contributed by atoms with E-state index in [0.717, 1.165) is 6.07 Å². The van der Waals surface area contributed by atoms with Crippen molar-refractivity contribution < 1.29 is 24.1 Å². The van der Waals surface area contributed by atoms with Gasteiger partial charge >= 0.3 is 5.69 Å². The van der Waals surface area contributed by atoms with Crippen LogP contribution in [-0.4, -0.2) is 22.9 Å². The highest BCUT2D eigenvalue weighted by molar-refractivity contribution is 6.30. The number of nitro groups is 2. The van der Waals surface area contributed by atoms with E-state index in [-0.39, 0.29) is 44.9 Å². The zero-order valence-corrected chi connectivity index (χ0v) is 16.7. The molecule has 0 atom stereocenters. The average Bonchev–Trinajstić information content (AvgIpc) is 2.75. The van der Waals surface area contributed by atoms with Gasteiger partial charge in [0.1, 0.15) is 0 Å². The lowest BCUT2D eigenvalue weighted by Gasteiger charge is -2.12. The van der Waals surface area contributed by atoms with Gasteiger partial charge in [-0.2, -0.15) is 0 Å². The number of non-ortho nitro benzene ring substituents is 1. The van der Waals surface area contributed by atoms with E-state index in [4.69, 9.17) is 21.1 Å². The second-order valence-electron chi connectivity index (χ2n) is 6.10. The Morgan fingerprint density at radius 1 is 0.935 bits per heavy atom. The van der Waals surface area contributed by atoms with Gasteiger partial charge in [-0.25, -0.2) is 0 Å². The zero-order valence-electron chi connectivity index (χ0n) is 15.9. The molecule has 158 valence electrons. The van der Waals surface area contributed by atoms with Crippen LogP contribution in [0.1, 0.15) is 10.4 Å². The van der Waals surface area contributed by atoms with Crippen LogP contribution in [0, 0.1) is 20.2 Å². The van der Waals surface area contributed by atoms with Crippen molar-refractivity contribution in [1.82, 2.24) is 0 Å². The van der Waals surface area contributed by atoms with Crippen LogP contribution in [0.3, 0.4) is 0 Å². The molecule has 0 heterocycles. The van der Waals surface area contributed by atoms with Crippen molar-refractivity contribution in [1.29, 1.82) is 0 Å². The normalized spacial score (nSPS) is 10.3. The van der Waals surface area contributed by atoms with Crippen LogP contribution in [0.25, 0.3) is 0 Å². The van der Waals surface area contributed by atoms with Gasteiger partial charge in [-0.1, -0.05) is 17.7 Å². The maximum atomic E-state index is 12.5. The molecule has 0 fully saturated rings. The van der Waals surface area contributed by atoms with E-state index < -0.39 is 15.8 Å². The molecule has 0 saturated heterocycles. The van der Waals surface area contributed by atoms with Gasteiger partial charge in [0.25, 0.3) is 11.6 Å². The average molecular weight is 444 g/mol. The van der Waals surface area contributed by atoms with Gasteiger partial charge in [-0.3, -0.25) is 25.0 Å². The first-order valence-electron chi connectivity index (χ1n) is 8.64. The molecular formula is C20H14ClN3O7. The Morgan fingerprint density at radius 2 is 1.68 bits per heavy atom. The third-order valence-corrected chi connectivity index (χ3v) is 4.31. The molecule has 10 nitrogen and oxygen atoms in total. The molecule has 0 aliphatic carbocycles. The monoisotopic (exact) mass is 443 g/mol. The molecule has 3 aromatic rings. The van der Waals surface area contributed by atoms with Crippen molar-refractivity contribution in [2.45, 2.75) is 0 Å². The number of anilines is 1. The van der Waals surface area contributed by atoms with Crippen molar-refractivity contribution in [3.63, 3.8) is 0 Å². The number of halogens is 1. The fraction of sp³-hybridized carbons (Fsp3) is 0.0500. The molecule has 0 radical (unpaired) electrons. The van der Waals surface area contributed by atoms with Gasteiger partial charge < -0.3 is 14.8 Å². The molecule has 0 bridgehead atoms. The summed E-state index contributed by atoms with van der Waals surface area (Å²) in [5.74, 6) is -0.305. The molecule has 0 aromatic heterocycles. The number of hydrogen-bond donors (Lipinski definition) is 1. The van der Waals surface area contributed by atoms with Gasteiger partial charge in [0.2, 0.25) is 5.75 Å². The van der Waals surface area contributed by atoms with Crippen molar-refractivity contribution in [2.75, 3.05) is 12.4 Å². The number of nitro benzene ring substituents is 2. The smallest absolute Gasteiger partial charge is 0.313 e. The number of amides is 1. The minimum Gasteiger partial charge on any atom is -0.493 e. The molecule has 11 heteroatoms. The third kappa shape index (κ3) is 5.06. The fourth-order valence-corrected chi connectivity index (χ4v) is 2.80. The predicted octanol–water partition coefficient (Wildman–Crippen LogP) is 5.21. The van der Waals surface area contributed by atoms with Crippen molar-refractivity contribution in [3.8, 4) is 17.2 Å². The number of ether oxygens (including phenoxy) is 2. The molecule has 0 aliphatic heterocycles. The zero-order chi connectivity index (χ0) is 22.5. The lowest BCUT2D eigenvalue weighted by atomic mass is 10.1. The predicted molar refractivity (Wildman–Crippen MR) is 112 cm³/mol. The Bertz CT molecular complexity index is 1180. The number of nitrogens with one attached hydrogen (secondary N) is 1. The summed E-state index contributed by atoms with van der Waals surface area (Å²) in [5.41, 5.74) is -0.0673. The molecule has 0 spiro atoms. The SMILES string of the molecule is COc1cc(C(=O)Nc2cccc([N+](=O)[O-])c2)ccc1Oc1ccc(Cl)cc1[N+](=O)[O-]. The number of nitrogens with zero attached hydrogens (tertiary/aromatic N) is 2. The first-order chi connectivity index (χ1) is 14.8. The third-order valence-electron chi connectivity index (χ3n) is 4.08. The second kappa shape index (κ2) is 9.09. The summed E-state index contributed by atoms with van der Waals surface area (Å²) in [7, 11) is 1.35. The van der Waals surface area contributed by atoms with E-state index in [9.17, 15) is 25.0 Å². The number of rotatable bonds is 7. The summed E-state index contributed by atoms with van der Waals surface area (Å²) in [4.78, 5) is 33.5. The highest BCUT2D eigenvalue weighted by atomic mass is 35.5. The summed E-state index contributed by atoms with van der Waals surface area (Å²) in [6.45, 7) is 0. The summed E-state index contributed by atoms with van der Waals surface area (Å²) in [5, 5.41) is 24.9. The number of carbonyl (C=O) groups excluding carboxylic acids is 1. The van der Waals surface area contributed by atoms with Crippen LogP contribution in [-0.2, 0) is 0 Å². The van der Waals surface area contributed by atoms with Crippen LogP contribution in [0.15, 0.2) is 60.7 Å². The van der Waals surface area contributed by atoms with Gasteiger partial charge in [0.05, 0.1) is 17.0 Å². The maximum Gasteiger partial charge on any atom is 0.313 e. The Labute approximate surface area is 180 Å². The molecule has 0 saturated carbocycles. The highest BCUT2D eigenvalue weighted by Gasteiger charge is 2.19. The van der Waals surface area contributed by atoms with E-state index in [1.165, 1.54) is 61.7 Å². The summed E-state index contributed by atoms with van der Waals surface area (Å²) in [6.07, 6.45) is 0. The van der Waals surface area contributed by atoms with E-state index in [2.05, 4.69) is 5.32 Å². The molecule has 3 aromatic carbocycles. The first-order valence-corrected chi connectivity index (χ1v) is 9.02. The fourth-order valence-electron chi connectivity index (χ4n) is 2.63. The van der Waals surface area contributed by atoms with Crippen LogP contribution in [0.2, 0.25) is 5.02 Å². The number of carbonyl (C=O) groups is 1. The number of methoxy groups -OCH3 is 1. The Hall–Kier alpha value is -4.18. The Kier molecular flexibility index (Phi) is 6.32. The van der Waals surface area contributed by atoms with Crippen LogP contribution < -0.4 is 14.8 Å². The van der Waals surface area contributed by atoms with Crippen LogP contribution in [0.5, 0.6) is 17.2 Å². The molecular weight excluding hydrogens is 430 g/mol. The van der Waals surface area contributed by atoms with E-state index in [1.54, 1.807) is 0 Å². The van der Waals surface area contributed by atoms with Gasteiger partial charge in [0.15, 0.2) is 11.5 Å². The van der Waals surface area contributed by atoms with Crippen LogP contribution >= 0.6 is 11.6 Å².